The van der Waals surface area contributed by atoms with Crippen LogP contribution in [0.4, 0.5) is 11.5 Å². The van der Waals surface area contributed by atoms with Gasteiger partial charge in [-0.1, -0.05) is 18.5 Å². The summed E-state index contributed by atoms with van der Waals surface area (Å²) in [5.74, 6) is 2.37. The fourth-order valence-corrected chi connectivity index (χ4v) is 3.56. The first kappa shape index (κ1) is 20.3. The summed E-state index contributed by atoms with van der Waals surface area (Å²) in [5, 5.41) is 6.73. The van der Waals surface area contributed by atoms with Gasteiger partial charge >= 0.3 is 0 Å². The molecule has 150 valence electrons. The number of pyridine rings is 1. The Bertz CT molecular complexity index is 818. The molecule has 0 aliphatic heterocycles. The highest BCUT2D eigenvalue weighted by Gasteiger charge is 2.20. The third-order valence-corrected chi connectivity index (χ3v) is 5.43. The predicted octanol–water partition coefficient (Wildman–Crippen LogP) is 4.80. The van der Waals surface area contributed by atoms with Gasteiger partial charge in [-0.3, -0.25) is 4.79 Å². The van der Waals surface area contributed by atoms with Gasteiger partial charge in [0, 0.05) is 24.4 Å². The molecule has 0 bridgehead atoms. The maximum absolute atomic E-state index is 12.4. The fourth-order valence-electron chi connectivity index (χ4n) is 3.36. The summed E-state index contributed by atoms with van der Waals surface area (Å²) >= 11 is 6.30. The Morgan fingerprint density at radius 3 is 2.39 bits per heavy atom. The Morgan fingerprint density at radius 2 is 1.79 bits per heavy atom. The molecule has 1 fully saturated rings. The number of amides is 1. The first-order chi connectivity index (χ1) is 13.5. The molecule has 1 aromatic heterocycles. The number of ether oxygens (including phenoxy) is 2. The zero-order valence-electron chi connectivity index (χ0n) is 16.4. The van der Waals surface area contributed by atoms with Gasteiger partial charge in [0.25, 0.3) is 5.91 Å². The minimum Gasteiger partial charge on any atom is -0.493 e. The van der Waals surface area contributed by atoms with Gasteiger partial charge in [0.2, 0.25) is 0 Å². The van der Waals surface area contributed by atoms with Gasteiger partial charge < -0.3 is 20.1 Å². The van der Waals surface area contributed by atoms with E-state index in [9.17, 15) is 4.79 Å². The molecular weight excluding hydrogens is 378 g/mol. The predicted molar refractivity (Wildman–Crippen MR) is 111 cm³/mol. The quantitative estimate of drug-likeness (QED) is 0.724. The van der Waals surface area contributed by atoms with Crippen LogP contribution in [-0.4, -0.2) is 31.2 Å². The van der Waals surface area contributed by atoms with Crippen LogP contribution in [0.25, 0.3) is 0 Å². The Morgan fingerprint density at radius 1 is 1.11 bits per heavy atom. The zero-order valence-corrected chi connectivity index (χ0v) is 17.2. The molecule has 2 aromatic rings. The molecule has 0 atom stereocenters. The second-order valence-corrected chi connectivity index (χ2v) is 7.58. The Balaban J connectivity index is 1.65. The standard InChI is InChI=1S/C21H26ClN3O3/c1-13-4-7-15(8-5-13)24-21(26)14-6-9-20(23-12-14)25-17-11-19(28-3)18(27-2)10-16(17)22/h6,9-13,15H,4-5,7-8H2,1-3H3,(H,23,25)(H,24,26). The van der Waals surface area contributed by atoms with Crippen molar-refractivity contribution in [2.75, 3.05) is 19.5 Å². The van der Waals surface area contributed by atoms with E-state index in [1.807, 2.05) is 0 Å². The van der Waals surface area contributed by atoms with Gasteiger partial charge in [0.05, 0.1) is 30.5 Å². The van der Waals surface area contributed by atoms with Gasteiger partial charge in [-0.25, -0.2) is 4.98 Å². The molecule has 2 N–H and O–H groups in total. The minimum atomic E-state index is -0.0808. The third kappa shape index (κ3) is 4.87. The van der Waals surface area contributed by atoms with E-state index in [4.69, 9.17) is 21.1 Å². The van der Waals surface area contributed by atoms with Crippen molar-refractivity contribution in [2.45, 2.75) is 38.6 Å². The Kier molecular flexibility index (Phi) is 6.62. The molecule has 7 heteroatoms. The number of methoxy groups -OCH3 is 2. The van der Waals surface area contributed by atoms with E-state index in [0.29, 0.717) is 33.6 Å². The van der Waals surface area contributed by atoms with Crippen molar-refractivity contribution in [3.05, 3.63) is 41.0 Å². The van der Waals surface area contributed by atoms with Gasteiger partial charge in [-0.2, -0.15) is 0 Å². The van der Waals surface area contributed by atoms with E-state index in [0.717, 1.165) is 31.6 Å². The number of rotatable bonds is 6. The lowest BCUT2D eigenvalue weighted by Gasteiger charge is -2.26. The molecule has 0 radical (unpaired) electrons. The number of hydrogen-bond acceptors (Lipinski definition) is 5. The molecule has 1 aromatic carbocycles. The van der Waals surface area contributed by atoms with Crippen LogP contribution in [0.1, 0.15) is 43.0 Å². The Hall–Kier alpha value is -2.47. The molecule has 6 nitrogen and oxygen atoms in total. The molecule has 1 amide bonds. The van der Waals surface area contributed by atoms with Crippen LogP contribution in [-0.2, 0) is 0 Å². The van der Waals surface area contributed by atoms with Gasteiger partial charge in [-0.15, -0.1) is 0 Å². The van der Waals surface area contributed by atoms with Crippen molar-refractivity contribution >= 4 is 29.0 Å². The molecule has 3 rings (SSSR count). The van der Waals surface area contributed by atoms with Crippen molar-refractivity contribution in [1.29, 1.82) is 0 Å². The summed E-state index contributed by atoms with van der Waals surface area (Å²) in [5.41, 5.74) is 1.18. The third-order valence-electron chi connectivity index (χ3n) is 5.11. The van der Waals surface area contributed by atoms with Crippen molar-refractivity contribution < 1.29 is 14.3 Å². The van der Waals surface area contributed by atoms with Crippen molar-refractivity contribution in [1.82, 2.24) is 10.3 Å². The number of aromatic nitrogens is 1. The number of carbonyl (C=O) groups is 1. The molecule has 1 aliphatic carbocycles. The smallest absolute Gasteiger partial charge is 0.253 e. The number of carbonyl (C=O) groups excluding carboxylic acids is 1. The molecule has 1 aliphatic rings. The lowest BCUT2D eigenvalue weighted by molar-refractivity contribution is 0.0922. The van der Waals surface area contributed by atoms with Gasteiger partial charge in [0.15, 0.2) is 11.5 Å². The van der Waals surface area contributed by atoms with Crippen molar-refractivity contribution in [3.8, 4) is 11.5 Å². The minimum absolute atomic E-state index is 0.0808. The van der Waals surface area contributed by atoms with Crippen LogP contribution < -0.4 is 20.1 Å². The summed E-state index contributed by atoms with van der Waals surface area (Å²) in [4.78, 5) is 16.8. The highest BCUT2D eigenvalue weighted by atomic mass is 35.5. The number of anilines is 2. The molecule has 0 unspecified atom stereocenters. The summed E-state index contributed by atoms with van der Waals surface area (Å²) in [6, 6.07) is 7.19. The fraction of sp³-hybridized carbons (Fsp3) is 0.429. The highest BCUT2D eigenvalue weighted by Crippen LogP contribution is 2.37. The molecular formula is C21H26ClN3O3. The first-order valence-corrected chi connectivity index (χ1v) is 9.83. The zero-order chi connectivity index (χ0) is 20.1. The van der Waals surface area contributed by atoms with E-state index in [1.165, 1.54) is 0 Å². The van der Waals surface area contributed by atoms with Gasteiger partial charge in [0.1, 0.15) is 5.82 Å². The Labute approximate surface area is 170 Å². The molecule has 1 heterocycles. The molecule has 0 spiro atoms. The van der Waals surface area contributed by atoms with E-state index in [1.54, 1.807) is 44.7 Å². The summed E-state index contributed by atoms with van der Waals surface area (Å²) in [7, 11) is 3.12. The van der Waals surface area contributed by atoms with E-state index in [2.05, 4.69) is 22.5 Å². The number of benzene rings is 1. The van der Waals surface area contributed by atoms with Crippen LogP contribution in [0, 0.1) is 5.92 Å². The van der Waals surface area contributed by atoms with Crippen LogP contribution >= 0.6 is 11.6 Å². The van der Waals surface area contributed by atoms with Crippen LogP contribution in [0.2, 0.25) is 5.02 Å². The maximum Gasteiger partial charge on any atom is 0.253 e. The number of halogens is 1. The normalized spacial score (nSPS) is 19.0. The second kappa shape index (κ2) is 9.15. The van der Waals surface area contributed by atoms with Crippen LogP contribution in [0.5, 0.6) is 11.5 Å². The number of hydrogen-bond donors (Lipinski definition) is 2. The lowest BCUT2D eigenvalue weighted by atomic mass is 9.87. The van der Waals surface area contributed by atoms with Crippen LogP contribution in [0.15, 0.2) is 30.5 Å². The first-order valence-electron chi connectivity index (χ1n) is 9.45. The maximum atomic E-state index is 12.4. The second-order valence-electron chi connectivity index (χ2n) is 7.17. The van der Waals surface area contributed by atoms with Crippen molar-refractivity contribution in [2.24, 2.45) is 5.92 Å². The van der Waals surface area contributed by atoms with E-state index in [-0.39, 0.29) is 11.9 Å². The largest absolute Gasteiger partial charge is 0.493 e. The monoisotopic (exact) mass is 403 g/mol. The lowest BCUT2D eigenvalue weighted by Crippen LogP contribution is -2.37. The van der Waals surface area contributed by atoms with Crippen LogP contribution in [0.3, 0.4) is 0 Å². The molecule has 0 saturated heterocycles. The summed E-state index contributed by atoms with van der Waals surface area (Å²) in [6.07, 6.45) is 5.98. The summed E-state index contributed by atoms with van der Waals surface area (Å²) < 4.78 is 10.5. The SMILES string of the molecule is COc1cc(Cl)c(Nc2ccc(C(=O)NC3CCC(C)CC3)cn2)cc1OC. The molecule has 1 saturated carbocycles. The van der Waals surface area contributed by atoms with E-state index >= 15 is 0 Å². The average Bonchev–Trinajstić information content (AvgIpc) is 2.71. The topological polar surface area (TPSA) is 72.5 Å². The van der Waals surface area contributed by atoms with Gasteiger partial charge in [-0.05, 0) is 43.7 Å². The molecule has 28 heavy (non-hydrogen) atoms. The number of nitrogens with one attached hydrogen (secondary N) is 2. The summed E-state index contributed by atoms with van der Waals surface area (Å²) in [6.45, 7) is 2.26. The highest BCUT2D eigenvalue weighted by molar-refractivity contribution is 6.33. The average molecular weight is 404 g/mol. The van der Waals surface area contributed by atoms with Crippen molar-refractivity contribution in [3.63, 3.8) is 0 Å². The van der Waals surface area contributed by atoms with E-state index < -0.39 is 0 Å². The number of nitrogens with zero attached hydrogens (tertiary/aromatic N) is 1.